The van der Waals surface area contributed by atoms with E-state index in [0.29, 0.717) is 22.4 Å². The first-order valence-corrected chi connectivity index (χ1v) is 6.16. The zero-order valence-corrected chi connectivity index (χ0v) is 11.3. The lowest BCUT2D eigenvalue weighted by molar-refractivity contribution is 0.306. The molecular formula is C13H12Cl2N2O. The second kappa shape index (κ2) is 5.94. The van der Waals surface area contributed by atoms with Crippen molar-refractivity contribution in [2.45, 2.75) is 6.61 Å². The predicted molar refractivity (Wildman–Crippen MR) is 74.6 cm³/mol. The lowest BCUT2D eigenvalue weighted by Gasteiger charge is -2.10. The van der Waals surface area contributed by atoms with Crippen LogP contribution in [0.1, 0.15) is 5.56 Å². The number of hydrogen-bond acceptors (Lipinski definition) is 3. The molecule has 0 aliphatic rings. The molecule has 1 N–H and O–H groups in total. The normalized spacial score (nSPS) is 10.2. The predicted octanol–water partition coefficient (Wildman–Crippen LogP) is 4.01. The Kier molecular flexibility index (Phi) is 4.28. The van der Waals surface area contributed by atoms with Crippen molar-refractivity contribution in [3.63, 3.8) is 0 Å². The number of hydrogen-bond donors (Lipinski definition) is 1. The first-order chi connectivity index (χ1) is 8.70. The summed E-state index contributed by atoms with van der Waals surface area (Å²) in [5, 5.41) is 4.10. The van der Waals surface area contributed by atoms with Gasteiger partial charge in [0.05, 0.1) is 5.02 Å². The second-order valence-corrected chi connectivity index (χ2v) is 4.47. The Morgan fingerprint density at radius 1 is 1.28 bits per heavy atom. The highest BCUT2D eigenvalue weighted by molar-refractivity contribution is 6.35. The summed E-state index contributed by atoms with van der Waals surface area (Å²) in [4.78, 5) is 4.20. The maximum absolute atomic E-state index is 6.03. The molecule has 0 fully saturated rings. The molecule has 0 atom stereocenters. The quantitative estimate of drug-likeness (QED) is 0.920. The summed E-state index contributed by atoms with van der Waals surface area (Å²) in [5.41, 5.74) is 0.964. The number of ether oxygens (including phenoxy) is 1. The fourth-order valence-corrected chi connectivity index (χ4v) is 1.99. The van der Waals surface area contributed by atoms with E-state index in [1.807, 2.05) is 19.2 Å². The van der Waals surface area contributed by atoms with Crippen LogP contribution in [0.5, 0.6) is 5.75 Å². The molecule has 0 unspecified atom stereocenters. The minimum atomic E-state index is 0.394. The molecule has 0 radical (unpaired) electrons. The average molecular weight is 283 g/mol. The number of benzene rings is 1. The lowest BCUT2D eigenvalue weighted by Crippen LogP contribution is -2.02. The van der Waals surface area contributed by atoms with Gasteiger partial charge in [0, 0.05) is 23.8 Å². The molecule has 5 heteroatoms. The van der Waals surface area contributed by atoms with Crippen LogP contribution < -0.4 is 10.1 Å². The summed E-state index contributed by atoms with van der Waals surface area (Å²) >= 11 is 11.9. The van der Waals surface area contributed by atoms with Crippen molar-refractivity contribution in [3.8, 4) is 5.75 Å². The summed E-state index contributed by atoms with van der Waals surface area (Å²) < 4.78 is 5.65. The first kappa shape index (κ1) is 13.0. The summed E-state index contributed by atoms with van der Waals surface area (Å²) in [6.45, 7) is 0.394. The van der Waals surface area contributed by atoms with Gasteiger partial charge in [0.25, 0.3) is 0 Å². The first-order valence-electron chi connectivity index (χ1n) is 5.40. The standard InChI is InChI=1S/C13H12Cl2N2O/c1-16-13-9(3-2-6-17-13)8-18-12-5-4-10(14)7-11(12)15/h2-7H,8H2,1H3,(H,16,17). The maximum Gasteiger partial charge on any atom is 0.138 e. The highest BCUT2D eigenvalue weighted by Crippen LogP contribution is 2.28. The van der Waals surface area contributed by atoms with E-state index in [4.69, 9.17) is 27.9 Å². The number of pyridine rings is 1. The van der Waals surface area contributed by atoms with Crippen LogP contribution in [0.2, 0.25) is 10.0 Å². The fourth-order valence-electron chi connectivity index (χ4n) is 1.53. The monoisotopic (exact) mass is 282 g/mol. The Bertz CT molecular complexity index is 546. The van der Waals surface area contributed by atoms with Crippen molar-refractivity contribution in [1.29, 1.82) is 0 Å². The van der Waals surface area contributed by atoms with Crippen molar-refractivity contribution in [2.75, 3.05) is 12.4 Å². The number of halogens is 2. The van der Waals surface area contributed by atoms with E-state index < -0.39 is 0 Å². The van der Waals surface area contributed by atoms with Crippen LogP contribution in [0.4, 0.5) is 5.82 Å². The Balaban J connectivity index is 2.11. The molecule has 0 bridgehead atoms. The summed E-state index contributed by atoms with van der Waals surface area (Å²) in [5.74, 6) is 1.40. The maximum atomic E-state index is 6.03. The average Bonchev–Trinajstić information content (AvgIpc) is 2.38. The number of aromatic nitrogens is 1. The van der Waals surface area contributed by atoms with Gasteiger partial charge in [0.15, 0.2) is 0 Å². The van der Waals surface area contributed by atoms with E-state index in [0.717, 1.165) is 11.4 Å². The summed E-state index contributed by atoms with van der Waals surface area (Å²) in [6.07, 6.45) is 1.73. The summed E-state index contributed by atoms with van der Waals surface area (Å²) in [7, 11) is 1.82. The third kappa shape index (κ3) is 3.06. The molecule has 94 valence electrons. The Labute approximate surface area is 116 Å². The van der Waals surface area contributed by atoms with Gasteiger partial charge in [-0.15, -0.1) is 0 Å². The van der Waals surface area contributed by atoms with Crippen molar-refractivity contribution < 1.29 is 4.74 Å². The van der Waals surface area contributed by atoms with E-state index in [1.54, 1.807) is 24.4 Å². The van der Waals surface area contributed by atoms with Crippen molar-refractivity contribution in [1.82, 2.24) is 4.98 Å². The zero-order chi connectivity index (χ0) is 13.0. The van der Waals surface area contributed by atoms with E-state index in [9.17, 15) is 0 Å². The van der Waals surface area contributed by atoms with Gasteiger partial charge < -0.3 is 10.1 Å². The van der Waals surface area contributed by atoms with Crippen molar-refractivity contribution >= 4 is 29.0 Å². The molecule has 0 amide bonds. The van der Waals surface area contributed by atoms with Gasteiger partial charge in [0.2, 0.25) is 0 Å². The molecule has 2 rings (SSSR count). The third-order valence-corrected chi connectivity index (χ3v) is 2.94. The van der Waals surface area contributed by atoms with Gasteiger partial charge in [0.1, 0.15) is 18.2 Å². The highest BCUT2D eigenvalue weighted by Gasteiger charge is 2.05. The van der Waals surface area contributed by atoms with Gasteiger partial charge in [-0.05, 0) is 24.3 Å². The number of rotatable bonds is 4. The van der Waals surface area contributed by atoms with Gasteiger partial charge in [-0.2, -0.15) is 0 Å². The topological polar surface area (TPSA) is 34.2 Å². The highest BCUT2D eigenvalue weighted by atomic mass is 35.5. The molecule has 3 nitrogen and oxygen atoms in total. The third-order valence-electron chi connectivity index (χ3n) is 2.41. The summed E-state index contributed by atoms with van der Waals surface area (Å²) in [6, 6.07) is 8.96. The zero-order valence-electron chi connectivity index (χ0n) is 9.78. The Morgan fingerprint density at radius 2 is 2.11 bits per heavy atom. The number of nitrogens with zero attached hydrogens (tertiary/aromatic N) is 1. The van der Waals surface area contributed by atoms with Gasteiger partial charge in [-0.25, -0.2) is 4.98 Å². The minimum Gasteiger partial charge on any atom is -0.487 e. The largest absolute Gasteiger partial charge is 0.487 e. The van der Waals surface area contributed by atoms with Gasteiger partial charge >= 0.3 is 0 Å². The molecule has 2 aromatic rings. The van der Waals surface area contributed by atoms with Crippen LogP contribution in [0.25, 0.3) is 0 Å². The van der Waals surface area contributed by atoms with Gasteiger partial charge in [-0.1, -0.05) is 29.3 Å². The number of anilines is 1. The van der Waals surface area contributed by atoms with Crippen LogP contribution in [0.3, 0.4) is 0 Å². The SMILES string of the molecule is CNc1ncccc1COc1ccc(Cl)cc1Cl. The van der Waals surface area contributed by atoms with Crippen molar-refractivity contribution in [3.05, 3.63) is 52.1 Å². The lowest BCUT2D eigenvalue weighted by atomic mass is 10.2. The molecule has 18 heavy (non-hydrogen) atoms. The van der Waals surface area contributed by atoms with E-state index in [-0.39, 0.29) is 0 Å². The van der Waals surface area contributed by atoms with Crippen LogP contribution >= 0.6 is 23.2 Å². The number of nitrogens with one attached hydrogen (secondary N) is 1. The molecule has 0 saturated carbocycles. The van der Waals surface area contributed by atoms with Crippen LogP contribution in [-0.4, -0.2) is 12.0 Å². The second-order valence-electron chi connectivity index (χ2n) is 3.62. The molecule has 1 aromatic heterocycles. The van der Waals surface area contributed by atoms with Crippen LogP contribution in [0.15, 0.2) is 36.5 Å². The minimum absolute atomic E-state index is 0.394. The molecule has 1 aromatic carbocycles. The van der Waals surface area contributed by atoms with Gasteiger partial charge in [-0.3, -0.25) is 0 Å². The van der Waals surface area contributed by atoms with E-state index in [1.165, 1.54) is 0 Å². The Morgan fingerprint density at radius 3 is 2.83 bits per heavy atom. The molecule has 0 spiro atoms. The smallest absolute Gasteiger partial charge is 0.138 e. The van der Waals surface area contributed by atoms with E-state index >= 15 is 0 Å². The molecule has 1 heterocycles. The van der Waals surface area contributed by atoms with Crippen LogP contribution in [0, 0.1) is 0 Å². The van der Waals surface area contributed by atoms with Crippen LogP contribution in [-0.2, 0) is 6.61 Å². The van der Waals surface area contributed by atoms with Crippen molar-refractivity contribution in [2.24, 2.45) is 0 Å². The molecular weight excluding hydrogens is 271 g/mol. The molecule has 0 aliphatic carbocycles. The Hall–Kier alpha value is -1.45. The van der Waals surface area contributed by atoms with E-state index in [2.05, 4.69) is 10.3 Å². The molecule has 0 saturated heterocycles. The fraction of sp³-hybridized carbons (Fsp3) is 0.154. The molecule has 0 aliphatic heterocycles.